The molecule has 0 spiro atoms. The monoisotopic (exact) mass is 3030 g/mol. The minimum atomic E-state index is 0. The van der Waals surface area contributed by atoms with Gasteiger partial charge in [-0.2, -0.15) is 0 Å². The van der Waals surface area contributed by atoms with Crippen molar-refractivity contribution in [3.8, 4) is 102 Å². The largest absolute Gasteiger partial charge is 2.00 e. The quantitative estimate of drug-likeness (QED) is 0.0857. The van der Waals surface area contributed by atoms with Crippen LogP contribution in [0.1, 0.15) is 0 Å². The van der Waals surface area contributed by atoms with Crippen LogP contribution in [-0.4, -0.2) is 110 Å². The summed E-state index contributed by atoms with van der Waals surface area (Å²) in [5, 5.41) is 10.5. The van der Waals surface area contributed by atoms with E-state index in [0.717, 1.165) is 189 Å². The summed E-state index contributed by atoms with van der Waals surface area (Å²) in [4.78, 5) is 46.0. The van der Waals surface area contributed by atoms with Gasteiger partial charge in [-0.3, -0.25) is 0 Å². The van der Waals surface area contributed by atoms with E-state index in [-0.39, 0.29) is 126 Å². The molecule has 42 heteroatoms. The molecule has 742 valence electrons. The SMILES string of the molecule is C[n+]1[c-]n(-c2coc3cc4occc4[c-]c23)cc1.Cn1[c-]nc(-c2coc3cc4occ(-c5cn(C)cn5)c4[c-]c23)c1.Cn1[c-]nc(-c2coc3cc4occ(-c5cn(C)cn5)c4[c-]c23)c1.Cn1[c-]ncc1.Cn1ccnc1-c1coc2cc3occ(-n4[c-]ncc4)c3[c-]c12.Cn1ccnc1-c1coc2cc3occ(-n4[c-]ncc4)c3[c-]c12.Cn1cnc(-c2coc3cc4occ(-n5[c-]ncc5)c4[c-]c23)c1.[Pt+2].[Pt+2].[Pt+2].[Pt+2].[Pt+2].[Pt]. The normalized spacial score (nSPS) is 11.1. The Morgan fingerprint density at radius 3 is 0.864 bits per heavy atom. The van der Waals surface area contributed by atoms with Gasteiger partial charge in [0.1, 0.15) is 11.6 Å². The molecule has 0 unspecified atom stereocenters. The molecule has 0 atom stereocenters. The van der Waals surface area contributed by atoms with E-state index in [0.29, 0.717) is 44.7 Å². The minimum Gasteiger partial charge on any atom is -0.508 e. The number of hydrogen-bond donors (Lipinski definition) is 0. The van der Waals surface area contributed by atoms with Crippen LogP contribution in [0.2, 0.25) is 0 Å². The fraction of sp³-hybridized carbons (Fsp3) is 0.0857. The van der Waals surface area contributed by atoms with Crippen molar-refractivity contribution >= 4 is 132 Å². The molecule has 24 aromatic heterocycles. The standard InChI is InChI=1S/2C18H12N4O2.3C17H10N4O2.C14H9N2O2.C4H5N2.6Pt/c2*1-21-5-15(19-9-21)13-7-23-17-4-18-12(3-11(13)17)14(8-24-18)16-6-22(2)10-20-16;2*1-20-4-3-19-17(20)13-8-22-15-7-16-12(6-11(13)15)14(9-23-16)21-5-2-18-10-21;1-20-6-14(19-10-20)13-7-22-16-5-17-12(4-11(13)16)15(8-23-17)21-3-2-18-9-21;1-15-3-4-16(9-15)12-8-18-14-7-13-10(2-5-17-13)6-11(12)14;1-6-3-2-5-4-6;;;;;;/h2*4-9H,1-2H3;2*2-5,7-9H,1H3;2-3,5-8,10H,1H3;2-5,7-8H,1H3;2-3H,1H3;;;;;;/q5*-2;2*-1;;5*+2. The van der Waals surface area contributed by atoms with Crippen molar-refractivity contribution < 1.29 is 184 Å². The van der Waals surface area contributed by atoms with Crippen LogP contribution in [0.3, 0.4) is 0 Å². The predicted molar refractivity (Wildman–Crippen MR) is 511 cm³/mol. The van der Waals surface area contributed by atoms with E-state index in [2.05, 4.69) is 136 Å². The van der Waals surface area contributed by atoms with Crippen LogP contribution in [0.5, 0.6) is 0 Å². The second-order valence-corrected chi connectivity index (χ2v) is 32.9. The zero-order valence-electron chi connectivity index (χ0n) is 77.7. The molecule has 0 amide bonds. The Hall–Kier alpha value is -15.6. The molecule has 24 heterocycles. The van der Waals surface area contributed by atoms with E-state index in [1.165, 1.54) is 0 Å². The molecular weight excluding hydrogens is 2960 g/mol. The van der Waals surface area contributed by atoms with Crippen molar-refractivity contribution in [1.82, 2.24) is 110 Å². The number of nitrogens with zero attached hydrogens (tertiary/aromatic N) is 24. The Bertz CT molecular complexity index is 9180. The number of fused-ring (bicyclic) bond motifs is 12. The Balaban J connectivity index is 0.000000113. The summed E-state index contributed by atoms with van der Waals surface area (Å²) < 4.78 is 91.4. The van der Waals surface area contributed by atoms with Crippen molar-refractivity contribution in [2.45, 2.75) is 0 Å². The number of imidazole rings is 12. The summed E-state index contributed by atoms with van der Waals surface area (Å²) in [6.07, 6.45) is 80.5. The smallest absolute Gasteiger partial charge is 0.508 e. The third-order valence-corrected chi connectivity index (χ3v) is 23.3. The van der Waals surface area contributed by atoms with Crippen molar-refractivity contribution in [2.24, 2.45) is 63.4 Å². The van der Waals surface area contributed by atoms with Crippen LogP contribution in [0.25, 0.3) is 233 Å². The van der Waals surface area contributed by atoms with E-state index >= 15 is 0 Å². The maximum atomic E-state index is 5.67. The van der Waals surface area contributed by atoms with Gasteiger partial charge in [-0.1, -0.05) is 125 Å². The van der Waals surface area contributed by atoms with Crippen LogP contribution in [0.15, 0.2) is 307 Å². The minimum absolute atomic E-state index is 0. The average Bonchev–Trinajstić information content (AvgIpc) is 1.65. The summed E-state index contributed by atoms with van der Waals surface area (Å²) in [6.45, 7) is 0. The first kappa shape index (κ1) is 102. The molecule has 0 radical (unpaired) electrons. The predicted octanol–water partition coefficient (Wildman–Crippen LogP) is 19.9. The Labute approximate surface area is 917 Å². The van der Waals surface area contributed by atoms with Crippen molar-refractivity contribution in [3.05, 3.63) is 335 Å². The molecule has 0 aliphatic carbocycles. The molecule has 0 bridgehead atoms. The van der Waals surface area contributed by atoms with Crippen molar-refractivity contribution in [3.63, 3.8) is 0 Å². The second kappa shape index (κ2) is 42.6. The number of hydrogen-bond acceptors (Lipinski definition) is 23. The molecule has 0 aliphatic rings. The van der Waals surface area contributed by atoms with E-state index < -0.39 is 0 Å². The molecule has 36 nitrogen and oxygen atoms in total. The van der Waals surface area contributed by atoms with Crippen molar-refractivity contribution in [2.75, 3.05) is 0 Å². The second-order valence-electron chi connectivity index (χ2n) is 32.9. The van der Waals surface area contributed by atoms with Gasteiger partial charge in [0.05, 0.1) is 172 Å². The molecule has 147 heavy (non-hydrogen) atoms. The van der Waals surface area contributed by atoms with Crippen LogP contribution >= 0.6 is 0 Å². The topological polar surface area (TPSA) is 363 Å². The molecule has 0 aliphatic heterocycles. The summed E-state index contributed by atoms with van der Waals surface area (Å²) in [5.74, 6) is 1.66. The Morgan fingerprint density at radius 1 is 0.272 bits per heavy atom. The van der Waals surface area contributed by atoms with Crippen LogP contribution in [0.4, 0.5) is 0 Å². The summed E-state index contributed by atoms with van der Waals surface area (Å²) >= 11 is 0. The van der Waals surface area contributed by atoms with Gasteiger partial charge in [-0.25, -0.2) is 24.9 Å². The Morgan fingerprint density at radius 2 is 0.578 bits per heavy atom. The first-order valence-electron chi connectivity index (χ1n) is 43.3. The number of rotatable bonds is 11. The van der Waals surface area contributed by atoms with Gasteiger partial charge < -0.3 is 142 Å². The number of furan rings is 12. The van der Waals surface area contributed by atoms with Gasteiger partial charge in [-0.15, -0.1) is 61.2 Å². The summed E-state index contributed by atoms with van der Waals surface area (Å²) in [5.41, 5.74) is 22.6. The zero-order valence-corrected chi connectivity index (χ0v) is 91.3. The molecule has 0 saturated carbocycles. The molecular formula is C105H68N24O12Pt6-2. The van der Waals surface area contributed by atoms with Crippen molar-refractivity contribution in [1.29, 1.82) is 0 Å². The van der Waals surface area contributed by atoms with E-state index in [9.17, 15) is 0 Å². The van der Waals surface area contributed by atoms with Gasteiger partial charge in [0, 0.05) is 186 Å². The summed E-state index contributed by atoms with van der Waals surface area (Å²) in [7, 11) is 17.3. The van der Waals surface area contributed by atoms with E-state index in [1.807, 2.05) is 218 Å². The van der Waals surface area contributed by atoms with Crippen LogP contribution < -0.4 is 4.57 Å². The molecule has 0 N–H and O–H groups in total. The average molecular weight is 3030 g/mol. The van der Waals surface area contributed by atoms with Gasteiger partial charge in [0.15, 0.2) is 0 Å². The van der Waals surface area contributed by atoms with E-state index in [1.54, 1.807) is 159 Å². The summed E-state index contributed by atoms with van der Waals surface area (Å²) in [6, 6.07) is 33.5. The van der Waals surface area contributed by atoms with Gasteiger partial charge in [0.25, 0.3) is 0 Å². The zero-order chi connectivity index (χ0) is 95.2. The first-order valence-corrected chi connectivity index (χ1v) is 43.3. The molecule has 0 fully saturated rings. The fourth-order valence-corrected chi connectivity index (χ4v) is 16.5. The maximum Gasteiger partial charge on any atom is 2.00 e. The third kappa shape index (κ3) is 19.6. The van der Waals surface area contributed by atoms with E-state index in [4.69, 9.17) is 53.0 Å². The van der Waals surface area contributed by atoms with Crippen LogP contribution in [0, 0.1) is 80.7 Å². The molecule has 30 aromatic rings. The third-order valence-electron chi connectivity index (χ3n) is 23.3. The van der Waals surface area contributed by atoms with Gasteiger partial charge in [-0.05, 0) is 90.7 Å². The molecule has 6 aromatic carbocycles. The first-order chi connectivity index (χ1) is 69.0. The van der Waals surface area contributed by atoms with Crippen LogP contribution in [-0.2, 0) is 190 Å². The fourth-order valence-electron chi connectivity index (χ4n) is 16.5. The maximum absolute atomic E-state index is 5.67. The number of benzene rings is 6. The Kier molecular flexibility index (Phi) is 29.4. The molecule has 0 saturated heterocycles. The number of aromatic nitrogens is 24. The van der Waals surface area contributed by atoms with Gasteiger partial charge >= 0.3 is 105 Å². The molecule has 30 rings (SSSR count). The van der Waals surface area contributed by atoms with Gasteiger partial charge in [0.2, 0.25) is 6.33 Å². The number of aryl methyl sites for hydroxylation is 9.